The minimum Gasteiger partial charge on any atom is -0.444 e. The first kappa shape index (κ1) is 20.1. The molecule has 0 bridgehead atoms. The van der Waals surface area contributed by atoms with Crippen molar-refractivity contribution in [2.75, 3.05) is 0 Å². The first-order chi connectivity index (χ1) is 11.9. The molecule has 1 aliphatic carbocycles. The minimum absolute atomic E-state index is 0.0410. The van der Waals surface area contributed by atoms with E-state index in [2.05, 4.69) is 10.4 Å². The molecule has 0 radical (unpaired) electrons. The number of aryl methyl sites for hydroxylation is 1. The Morgan fingerprint density at radius 3 is 2.69 bits per heavy atom. The lowest BCUT2D eigenvalue weighted by Gasteiger charge is -2.25. The number of carbonyl (C=O) groups is 1. The van der Waals surface area contributed by atoms with Gasteiger partial charge < -0.3 is 15.2 Å². The Hall–Kier alpha value is -2.23. The Morgan fingerprint density at radius 1 is 1.50 bits per heavy atom. The second-order valence-electron chi connectivity index (χ2n) is 7.62. The molecule has 9 nitrogen and oxygen atoms in total. The lowest BCUT2D eigenvalue weighted by atomic mass is 9.91. The molecule has 0 aliphatic heterocycles. The van der Waals surface area contributed by atoms with Crippen LogP contribution in [0.3, 0.4) is 0 Å². The van der Waals surface area contributed by atoms with Crippen molar-refractivity contribution in [1.29, 1.82) is 0 Å². The molecule has 1 unspecified atom stereocenters. The number of alkyl carbamates (subject to hydrolysis) is 1. The van der Waals surface area contributed by atoms with E-state index in [1.807, 2.05) is 0 Å². The summed E-state index contributed by atoms with van der Waals surface area (Å²) in [5.41, 5.74) is -3.21. The van der Waals surface area contributed by atoms with Crippen molar-refractivity contribution in [1.82, 2.24) is 15.1 Å². The summed E-state index contributed by atoms with van der Waals surface area (Å²) in [6.45, 7) is 5.14. The number of amides is 1. The molecule has 26 heavy (non-hydrogen) atoms. The van der Waals surface area contributed by atoms with E-state index >= 15 is 4.39 Å². The molecule has 1 amide bonds. The van der Waals surface area contributed by atoms with Gasteiger partial charge in [-0.05, 0) is 46.5 Å². The number of aliphatic hydroxyl groups is 1. The molecule has 1 aromatic heterocycles. The van der Waals surface area contributed by atoms with Gasteiger partial charge in [-0.3, -0.25) is 14.8 Å². The molecule has 1 aliphatic rings. The zero-order valence-electron chi connectivity index (χ0n) is 15.4. The van der Waals surface area contributed by atoms with E-state index in [1.165, 1.54) is 7.05 Å². The monoisotopic (exact) mass is 372 g/mol. The molecular formula is C16H25FN4O5. The highest BCUT2D eigenvalue weighted by molar-refractivity contribution is 5.68. The number of nitro groups is 1. The predicted molar refractivity (Wildman–Crippen MR) is 90.3 cm³/mol. The van der Waals surface area contributed by atoms with E-state index in [4.69, 9.17) is 4.74 Å². The number of alkyl halides is 1. The van der Waals surface area contributed by atoms with Crippen molar-refractivity contribution in [2.24, 2.45) is 7.05 Å². The summed E-state index contributed by atoms with van der Waals surface area (Å²) in [5.74, 6) is 0. The average Bonchev–Trinajstić information content (AvgIpc) is 2.83. The number of nitrogens with one attached hydrogen (secondary N) is 1. The molecule has 0 spiro atoms. The van der Waals surface area contributed by atoms with Crippen molar-refractivity contribution < 1.29 is 24.0 Å². The molecule has 0 saturated heterocycles. The summed E-state index contributed by atoms with van der Waals surface area (Å²) in [7, 11) is 1.45. The van der Waals surface area contributed by atoms with E-state index in [0.717, 1.165) is 10.9 Å². The fourth-order valence-corrected chi connectivity index (χ4v) is 3.22. The average molecular weight is 372 g/mol. The number of rotatable bonds is 3. The highest BCUT2D eigenvalue weighted by atomic mass is 19.1. The smallest absolute Gasteiger partial charge is 0.407 e. The third-order valence-corrected chi connectivity index (χ3v) is 4.40. The quantitative estimate of drug-likeness (QED) is 0.477. The van der Waals surface area contributed by atoms with E-state index in [1.54, 1.807) is 20.8 Å². The maximum Gasteiger partial charge on any atom is 0.407 e. The maximum absolute atomic E-state index is 15.6. The van der Waals surface area contributed by atoms with Gasteiger partial charge in [0.25, 0.3) is 0 Å². The SMILES string of the molecule is Cn1ncc([N+](=O)[O-])c1C1(F)CC[C@@H](O)[C@H](NC(=O)OC(C)(C)C)CC1. The third kappa shape index (κ3) is 4.48. The standard InChI is InChI=1S/C16H25FN4O5/c1-15(2,3)26-14(23)19-10-5-7-16(17,8-6-12(10)22)13-11(21(24)25)9-18-20(13)4/h9-10,12,22H,5-8H2,1-4H3,(H,19,23)/t10-,12-,16?/m1/s1. The van der Waals surface area contributed by atoms with Gasteiger partial charge >= 0.3 is 11.8 Å². The highest BCUT2D eigenvalue weighted by Gasteiger charge is 2.45. The van der Waals surface area contributed by atoms with Gasteiger partial charge in [0.2, 0.25) is 0 Å². The first-order valence-electron chi connectivity index (χ1n) is 8.46. The summed E-state index contributed by atoms with van der Waals surface area (Å²) in [6, 6.07) is -0.699. The van der Waals surface area contributed by atoms with Crippen LogP contribution < -0.4 is 5.32 Å². The van der Waals surface area contributed by atoms with E-state index in [-0.39, 0.29) is 37.1 Å². The summed E-state index contributed by atoms with van der Waals surface area (Å²) < 4.78 is 21.9. The van der Waals surface area contributed by atoms with Crippen LogP contribution in [0.15, 0.2) is 6.20 Å². The Morgan fingerprint density at radius 2 is 2.12 bits per heavy atom. The molecule has 1 fully saturated rings. The summed E-state index contributed by atoms with van der Waals surface area (Å²) >= 11 is 0. The molecule has 2 N–H and O–H groups in total. The molecule has 1 saturated carbocycles. The molecule has 146 valence electrons. The highest BCUT2D eigenvalue weighted by Crippen LogP contribution is 2.43. The number of hydrogen-bond acceptors (Lipinski definition) is 6. The Bertz CT molecular complexity index is 687. The summed E-state index contributed by atoms with van der Waals surface area (Å²) in [5, 5.41) is 27.8. The van der Waals surface area contributed by atoms with Crippen LogP contribution in [-0.4, -0.2) is 43.7 Å². The Kier molecular flexibility index (Phi) is 5.55. The lowest BCUT2D eigenvalue weighted by molar-refractivity contribution is -0.386. The van der Waals surface area contributed by atoms with Gasteiger partial charge in [0.1, 0.15) is 11.8 Å². The van der Waals surface area contributed by atoms with Crippen LogP contribution in [0.25, 0.3) is 0 Å². The molecule has 1 aromatic rings. The van der Waals surface area contributed by atoms with Gasteiger partial charge in [0.05, 0.1) is 17.1 Å². The number of carbonyl (C=O) groups excluding carboxylic acids is 1. The number of nitrogens with zero attached hydrogens (tertiary/aromatic N) is 3. The summed E-state index contributed by atoms with van der Waals surface area (Å²) in [6.07, 6.45) is -0.703. The van der Waals surface area contributed by atoms with Gasteiger partial charge in [0, 0.05) is 7.05 Å². The van der Waals surface area contributed by atoms with Gasteiger partial charge in [-0.2, -0.15) is 5.10 Å². The van der Waals surface area contributed by atoms with Gasteiger partial charge in [0.15, 0.2) is 11.4 Å². The fourth-order valence-electron chi connectivity index (χ4n) is 3.22. The third-order valence-electron chi connectivity index (χ3n) is 4.40. The fraction of sp³-hybridized carbons (Fsp3) is 0.750. The van der Waals surface area contributed by atoms with E-state index in [0.29, 0.717) is 0 Å². The van der Waals surface area contributed by atoms with Gasteiger partial charge in [-0.15, -0.1) is 0 Å². The van der Waals surface area contributed by atoms with Crippen molar-refractivity contribution >= 4 is 11.8 Å². The van der Waals surface area contributed by atoms with Crippen molar-refractivity contribution in [3.63, 3.8) is 0 Å². The van der Waals surface area contributed by atoms with Crippen LogP contribution in [0.2, 0.25) is 0 Å². The van der Waals surface area contributed by atoms with Gasteiger partial charge in [-0.1, -0.05) is 0 Å². The molecular weight excluding hydrogens is 347 g/mol. The molecule has 10 heteroatoms. The number of halogens is 1. The van der Waals surface area contributed by atoms with Crippen LogP contribution >= 0.6 is 0 Å². The van der Waals surface area contributed by atoms with Crippen LogP contribution in [-0.2, 0) is 17.5 Å². The predicted octanol–water partition coefficient (Wildman–Crippen LogP) is 2.32. The number of aliphatic hydroxyl groups excluding tert-OH is 1. The Labute approximate surface area is 150 Å². The second kappa shape index (κ2) is 7.18. The van der Waals surface area contributed by atoms with Crippen molar-refractivity contribution in [3.8, 4) is 0 Å². The van der Waals surface area contributed by atoms with Crippen molar-refractivity contribution in [2.45, 2.75) is 69.9 Å². The molecule has 0 aromatic carbocycles. The lowest BCUT2D eigenvalue weighted by Crippen LogP contribution is -2.44. The minimum atomic E-state index is -2.01. The Balaban J connectivity index is 2.17. The van der Waals surface area contributed by atoms with Crippen LogP contribution in [0.1, 0.15) is 52.1 Å². The zero-order chi connectivity index (χ0) is 19.7. The van der Waals surface area contributed by atoms with Gasteiger partial charge in [-0.25, -0.2) is 9.18 Å². The number of aromatic nitrogens is 2. The number of hydrogen-bond donors (Lipinski definition) is 2. The molecule has 1 heterocycles. The molecule has 3 atom stereocenters. The largest absolute Gasteiger partial charge is 0.444 e. The second-order valence-corrected chi connectivity index (χ2v) is 7.62. The number of ether oxygens (including phenoxy) is 1. The maximum atomic E-state index is 15.6. The summed E-state index contributed by atoms with van der Waals surface area (Å²) in [4.78, 5) is 22.4. The van der Waals surface area contributed by atoms with Crippen LogP contribution in [0.4, 0.5) is 14.9 Å². The van der Waals surface area contributed by atoms with E-state index in [9.17, 15) is 20.0 Å². The van der Waals surface area contributed by atoms with E-state index < -0.39 is 34.4 Å². The van der Waals surface area contributed by atoms with Crippen LogP contribution in [0.5, 0.6) is 0 Å². The zero-order valence-corrected chi connectivity index (χ0v) is 15.4. The normalized spacial score (nSPS) is 26.8. The first-order valence-corrected chi connectivity index (χ1v) is 8.46. The molecule has 2 rings (SSSR count). The van der Waals surface area contributed by atoms with Crippen molar-refractivity contribution in [3.05, 3.63) is 22.0 Å². The van der Waals surface area contributed by atoms with Crippen LogP contribution in [0, 0.1) is 10.1 Å². The topological polar surface area (TPSA) is 120 Å².